The second kappa shape index (κ2) is 7.32. The molecule has 0 saturated heterocycles. The summed E-state index contributed by atoms with van der Waals surface area (Å²) in [4.78, 5) is 29.5. The van der Waals surface area contributed by atoms with E-state index in [0.717, 1.165) is 24.9 Å². The quantitative estimate of drug-likeness (QED) is 0.662. The maximum atomic E-state index is 13.3. The summed E-state index contributed by atoms with van der Waals surface area (Å²) in [7, 11) is 0. The number of thiophene rings is 2. The second-order valence-corrected chi connectivity index (χ2v) is 8.58. The Labute approximate surface area is 165 Å². The number of fused-ring (bicyclic) bond motifs is 1. The third-order valence-corrected chi connectivity index (χ3v) is 6.97. The van der Waals surface area contributed by atoms with Gasteiger partial charge in [0.05, 0.1) is 22.2 Å². The van der Waals surface area contributed by atoms with Gasteiger partial charge in [-0.3, -0.25) is 9.59 Å². The fraction of sp³-hybridized carbons (Fsp3) is 0.300. The van der Waals surface area contributed by atoms with Crippen molar-refractivity contribution in [1.82, 2.24) is 4.90 Å². The van der Waals surface area contributed by atoms with Gasteiger partial charge in [-0.2, -0.15) is 0 Å². The number of hydrogen-bond donors (Lipinski definition) is 1. The van der Waals surface area contributed by atoms with E-state index < -0.39 is 0 Å². The highest BCUT2D eigenvalue weighted by Gasteiger charge is 2.32. The van der Waals surface area contributed by atoms with E-state index in [-0.39, 0.29) is 23.6 Å². The highest BCUT2D eigenvalue weighted by atomic mass is 32.1. The number of amides is 2. The third kappa shape index (κ3) is 3.33. The first-order valence-electron chi connectivity index (χ1n) is 8.91. The summed E-state index contributed by atoms with van der Waals surface area (Å²) >= 11 is 3.10. The minimum absolute atomic E-state index is 0.0414. The molecule has 2 amide bonds. The number of carbonyl (C=O) groups excluding carboxylic acids is 2. The Bertz CT molecular complexity index is 971. The lowest BCUT2D eigenvalue weighted by Crippen LogP contribution is -2.39. The molecule has 0 aliphatic carbocycles. The number of nitrogens with one attached hydrogen (secondary N) is 1. The number of carbonyl (C=O) groups is 2. The lowest BCUT2D eigenvalue weighted by molar-refractivity contribution is 0.0661. The summed E-state index contributed by atoms with van der Waals surface area (Å²) in [5.41, 5.74) is 2.16. The molecule has 5 nitrogen and oxygen atoms in total. The monoisotopic (exact) mass is 400 g/mol. The van der Waals surface area contributed by atoms with Crippen molar-refractivity contribution in [3.63, 3.8) is 0 Å². The zero-order chi connectivity index (χ0) is 19.0. The molecule has 4 rings (SSSR count). The maximum Gasteiger partial charge on any atom is 0.291 e. The minimum Gasteiger partial charge on any atom is -0.459 e. The molecule has 1 N–H and O–H groups in total. The summed E-state index contributed by atoms with van der Waals surface area (Å²) in [5, 5.41) is 5.58. The maximum absolute atomic E-state index is 13.3. The molecule has 140 valence electrons. The molecule has 0 radical (unpaired) electrons. The zero-order valence-electron chi connectivity index (χ0n) is 15.2. The van der Waals surface area contributed by atoms with Crippen LogP contribution in [0.25, 0.3) is 0 Å². The first-order valence-corrected chi connectivity index (χ1v) is 10.6. The van der Waals surface area contributed by atoms with Crippen LogP contribution >= 0.6 is 22.7 Å². The molecule has 4 heterocycles. The van der Waals surface area contributed by atoms with Gasteiger partial charge >= 0.3 is 0 Å². The van der Waals surface area contributed by atoms with Gasteiger partial charge in [-0.05, 0) is 60.5 Å². The second-order valence-electron chi connectivity index (χ2n) is 6.53. The summed E-state index contributed by atoms with van der Waals surface area (Å²) in [6.07, 6.45) is 3.26. The van der Waals surface area contributed by atoms with Gasteiger partial charge in [0, 0.05) is 11.4 Å². The molecular formula is C20H20N2O3S2. The first-order chi connectivity index (χ1) is 13.1. The summed E-state index contributed by atoms with van der Waals surface area (Å²) in [6, 6.07) is 7.39. The molecule has 0 fully saturated rings. The van der Waals surface area contributed by atoms with Crippen molar-refractivity contribution in [3.8, 4) is 0 Å². The van der Waals surface area contributed by atoms with Crippen LogP contribution in [0, 0.1) is 6.92 Å². The average molecular weight is 401 g/mol. The van der Waals surface area contributed by atoms with Gasteiger partial charge < -0.3 is 14.6 Å². The van der Waals surface area contributed by atoms with Gasteiger partial charge in [0.2, 0.25) is 0 Å². The van der Waals surface area contributed by atoms with Crippen molar-refractivity contribution in [2.24, 2.45) is 0 Å². The van der Waals surface area contributed by atoms with Crippen LogP contribution < -0.4 is 5.32 Å². The van der Waals surface area contributed by atoms with E-state index in [2.05, 4.69) is 23.7 Å². The van der Waals surface area contributed by atoms with Crippen LogP contribution in [0.2, 0.25) is 0 Å². The lowest BCUT2D eigenvalue weighted by Gasteiger charge is -2.35. The van der Waals surface area contributed by atoms with Crippen LogP contribution in [0.3, 0.4) is 0 Å². The molecule has 27 heavy (non-hydrogen) atoms. The Morgan fingerprint density at radius 1 is 1.37 bits per heavy atom. The first kappa shape index (κ1) is 18.0. The summed E-state index contributed by atoms with van der Waals surface area (Å²) in [5.74, 6) is -0.0201. The number of anilines is 1. The van der Waals surface area contributed by atoms with Gasteiger partial charge in [0.1, 0.15) is 0 Å². The smallest absolute Gasteiger partial charge is 0.291 e. The highest BCUT2D eigenvalue weighted by Crippen LogP contribution is 2.38. The van der Waals surface area contributed by atoms with Crippen molar-refractivity contribution >= 4 is 39.5 Å². The van der Waals surface area contributed by atoms with E-state index in [1.165, 1.54) is 28.0 Å². The summed E-state index contributed by atoms with van der Waals surface area (Å²) < 4.78 is 5.12. The Balaban J connectivity index is 1.56. The lowest BCUT2D eigenvalue weighted by atomic mass is 9.97. The van der Waals surface area contributed by atoms with Crippen LogP contribution in [-0.2, 0) is 6.42 Å². The van der Waals surface area contributed by atoms with Crippen LogP contribution in [0.15, 0.2) is 40.3 Å². The van der Waals surface area contributed by atoms with Crippen molar-refractivity contribution < 1.29 is 14.0 Å². The molecule has 1 atom stereocenters. The number of nitrogens with zero attached hydrogens (tertiary/aromatic N) is 1. The highest BCUT2D eigenvalue weighted by molar-refractivity contribution is 7.18. The fourth-order valence-corrected chi connectivity index (χ4v) is 5.50. The van der Waals surface area contributed by atoms with Crippen molar-refractivity contribution in [1.29, 1.82) is 0 Å². The minimum atomic E-state index is -0.312. The Morgan fingerprint density at radius 3 is 2.96 bits per heavy atom. The normalized spacial score (nSPS) is 16.2. The molecule has 0 spiro atoms. The molecule has 1 aliphatic rings. The predicted molar refractivity (Wildman–Crippen MR) is 108 cm³/mol. The fourth-order valence-electron chi connectivity index (χ4n) is 3.55. The number of aryl methyl sites for hydroxylation is 1. The van der Waals surface area contributed by atoms with E-state index in [1.807, 2.05) is 17.9 Å². The molecule has 0 saturated carbocycles. The van der Waals surface area contributed by atoms with Crippen molar-refractivity contribution in [2.75, 3.05) is 11.9 Å². The van der Waals surface area contributed by atoms with E-state index >= 15 is 0 Å². The number of rotatable bonds is 4. The molecule has 3 aromatic heterocycles. The van der Waals surface area contributed by atoms with Gasteiger partial charge in [-0.1, -0.05) is 6.92 Å². The van der Waals surface area contributed by atoms with Crippen molar-refractivity contribution in [3.05, 3.63) is 62.6 Å². The van der Waals surface area contributed by atoms with E-state index in [4.69, 9.17) is 4.42 Å². The molecule has 1 unspecified atom stereocenters. The zero-order valence-corrected chi connectivity index (χ0v) is 16.8. The van der Waals surface area contributed by atoms with Crippen LogP contribution in [-0.4, -0.2) is 23.3 Å². The molecular weight excluding hydrogens is 380 g/mol. The van der Waals surface area contributed by atoms with Crippen molar-refractivity contribution in [2.45, 2.75) is 32.7 Å². The Morgan fingerprint density at radius 2 is 2.22 bits per heavy atom. The van der Waals surface area contributed by atoms with E-state index in [0.29, 0.717) is 9.88 Å². The molecule has 0 aromatic carbocycles. The van der Waals surface area contributed by atoms with E-state index in [1.54, 1.807) is 23.5 Å². The number of hydrogen-bond acceptors (Lipinski definition) is 5. The van der Waals surface area contributed by atoms with E-state index in [9.17, 15) is 9.59 Å². The molecule has 7 heteroatoms. The average Bonchev–Trinajstić information content (AvgIpc) is 3.40. The number of furan rings is 1. The predicted octanol–water partition coefficient (Wildman–Crippen LogP) is 5.11. The van der Waals surface area contributed by atoms with Gasteiger partial charge in [-0.25, -0.2) is 0 Å². The SMILES string of the molecule is CCC1c2ccsc2CCN1C(=O)c1sc(NC(=O)c2ccco2)cc1C. The van der Waals surface area contributed by atoms with Gasteiger partial charge in [-0.15, -0.1) is 22.7 Å². The molecule has 1 aliphatic heterocycles. The molecule has 3 aromatic rings. The molecule has 0 bridgehead atoms. The third-order valence-electron chi connectivity index (χ3n) is 4.84. The van der Waals surface area contributed by atoms with Crippen LogP contribution in [0.1, 0.15) is 55.6 Å². The van der Waals surface area contributed by atoms with Gasteiger partial charge in [0.25, 0.3) is 11.8 Å². The Hall–Kier alpha value is -2.38. The largest absolute Gasteiger partial charge is 0.459 e. The topological polar surface area (TPSA) is 62.6 Å². The summed E-state index contributed by atoms with van der Waals surface area (Å²) in [6.45, 7) is 4.76. The Kier molecular flexibility index (Phi) is 4.88. The van der Waals surface area contributed by atoms with Crippen LogP contribution in [0.5, 0.6) is 0 Å². The standard InChI is InChI=1S/C20H20N2O3S2/c1-3-14-13-7-10-26-16(13)6-8-22(14)20(24)18-12(2)11-17(27-18)21-19(23)15-5-4-9-25-15/h4-5,7,9-11,14H,3,6,8H2,1-2H3,(H,21,23). The van der Waals surface area contributed by atoms with Crippen LogP contribution in [0.4, 0.5) is 5.00 Å². The van der Waals surface area contributed by atoms with Gasteiger partial charge in [0.15, 0.2) is 5.76 Å².